The summed E-state index contributed by atoms with van der Waals surface area (Å²) < 4.78 is 42.5. The van der Waals surface area contributed by atoms with Crippen LogP contribution in [0.15, 0.2) is 46.2 Å². The summed E-state index contributed by atoms with van der Waals surface area (Å²) in [5.41, 5.74) is -2.01. The molecule has 1 amide bonds. The average molecular weight is 673 g/mol. The zero-order chi connectivity index (χ0) is 32.9. The topological polar surface area (TPSA) is 148 Å². The summed E-state index contributed by atoms with van der Waals surface area (Å²) in [7, 11) is 2.94. The van der Waals surface area contributed by atoms with E-state index < -0.39 is 39.4 Å². The molecule has 0 atom stereocenters. The van der Waals surface area contributed by atoms with E-state index in [1.54, 1.807) is 7.05 Å². The van der Waals surface area contributed by atoms with E-state index in [1.165, 1.54) is 42.4 Å². The number of carbonyl (C=O) groups excluding carboxylic acids is 1. The number of aryl methyl sites for hydroxylation is 1. The first-order valence-electron chi connectivity index (χ1n) is 13.6. The summed E-state index contributed by atoms with van der Waals surface area (Å²) in [5, 5.41) is 6.64. The molecule has 46 heavy (non-hydrogen) atoms. The maximum absolute atomic E-state index is 14.3. The van der Waals surface area contributed by atoms with E-state index >= 15 is 0 Å². The van der Waals surface area contributed by atoms with Crippen molar-refractivity contribution in [2.24, 2.45) is 7.05 Å². The average Bonchev–Trinajstić information content (AvgIpc) is 3.43. The van der Waals surface area contributed by atoms with Crippen LogP contribution in [0.3, 0.4) is 0 Å². The third-order valence-electron chi connectivity index (χ3n) is 7.28. The van der Waals surface area contributed by atoms with Crippen LogP contribution >= 0.6 is 23.2 Å². The molecule has 5 aromatic rings. The smallest absolute Gasteiger partial charge is 0.332 e. The van der Waals surface area contributed by atoms with Crippen molar-refractivity contribution >= 4 is 40.1 Å². The van der Waals surface area contributed by atoms with Crippen molar-refractivity contribution in [2.45, 2.75) is 25.6 Å². The Morgan fingerprint density at radius 3 is 2.48 bits per heavy atom. The molecule has 0 aliphatic carbocycles. The fraction of sp³-hybridized carbons (Fsp3) is 0.276. The Bertz CT molecular complexity index is 2140. The third-order valence-corrected chi connectivity index (χ3v) is 7.86. The van der Waals surface area contributed by atoms with Crippen molar-refractivity contribution in [3.8, 4) is 17.1 Å². The maximum atomic E-state index is 14.3. The molecule has 1 aliphatic heterocycles. The van der Waals surface area contributed by atoms with E-state index in [9.17, 15) is 23.2 Å². The number of aromatic nitrogens is 7. The zero-order valence-electron chi connectivity index (χ0n) is 24.5. The van der Waals surface area contributed by atoms with Gasteiger partial charge in [-0.05, 0) is 42.8 Å². The van der Waals surface area contributed by atoms with Crippen LogP contribution in [0, 0.1) is 11.6 Å². The lowest BCUT2D eigenvalue weighted by Crippen LogP contribution is -2.60. The largest absolute Gasteiger partial charge is 0.480 e. The number of ether oxygens (including phenoxy) is 2. The summed E-state index contributed by atoms with van der Waals surface area (Å²) in [6.45, 7) is 1.86. The van der Waals surface area contributed by atoms with E-state index in [4.69, 9.17) is 32.7 Å². The highest BCUT2D eigenvalue weighted by molar-refractivity contribution is 6.33. The minimum Gasteiger partial charge on any atom is -0.480 e. The molecule has 238 valence electrons. The third kappa shape index (κ3) is 5.72. The lowest BCUT2D eigenvalue weighted by molar-refractivity contribution is -0.0594. The van der Waals surface area contributed by atoms with Crippen LogP contribution in [0.5, 0.6) is 5.88 Å². The van der Waals surface area contributed by atoms with Crippen molar-refractivity contribution in [1.82, 2.24) is 39.2 Å². The Balaban J connectivity index is 1.56. The van der Waals surface area contributed by atoms with Gasteiger partial charge >= 0.3 is 5.69 Å². The van der Waals surface area contributed by atoms with Gasteiger partial charge in [0.15, 0.2) is 23.0 Å². The Hall–Kier alpha value is -4.73. The van der Waals surface area contributed by atoms with Gasteiger partial charge in [0.25, 0.3) is 11.5 Å². The zero-order valence-corrected chi connectivity index (χ0v) is 26.0. The van der Waals surface area contributed by atoms with Crippen molar-refractivity contribution in [3.63, 3.8) is 0 Å². The Morgan fingerprint density at radius 2 is 1.85 bits per heavy atom. The van der Waals surface area contributed by atoms with Gasteiger partial charge < -0.3 is 14.8 Å². The van der Waals surface area contributed by atoms with Crippen molar-refractivity contribution < 1.29 is 23.0 Å². The molecule has 1 aliphatic rings. The van der Waals surface area contributed by atoms with Gasteiger partial charge in [0.05, 0.1) is 65.8 Å². The number of carbonyl (C=O) groups is 1. The van der Waals surface area contributed by atoms with Gasteiger partial charge in [0, 0.05) is 7.05 Å². The molecule has 13 nitrogen and oxygen atoms in total. The first kappa shape index (κ1) is 31.3. The second-order valence-electron chi connectivity index (χ2n) is 10.9. The minimum atomic E-state index is -1.24. The molecule has 0 radical (unpaired) electrons. The number of amides is 1. The van der Waals surface area contributed by atoms with Crippen LogP contribution in [0.4, 0.5) is 8.78 Å². The van der Waals surface area contributed by atoms with E-state index in [1.807, 2.05) is 6.92 Å². The number of methoxy groups -OCH3 is 1. The summed E-state index contributed by atoms with van der Waals surface area (Å²) in [6, 6.07) is 6.38. The summed E-state index contributed by atoms with van der Waals surface area (Å²) in [6.07, 6.45) is 1.40. The number of pyridine rings is 2. The number of nitrogens with one attached hydrogen (secondary N) is 1. The molecule has 5 heterocycles. The molecule has 1 fully saturated rings. The Morgan fingerprint density at radius 1 is 1.09 bits per heavy atom. The predicted molar refractivity (Wildman–Crippen MR) is 162 cm³/mol. The number of fused-ring (bicyclic) bond motifs is 1. The first-order valence-corrected chi connectivity index (χ1v) is 14.4. The van der Waals surface area contributed by atoms with Crippen LogP contribution in [0.25, 0.3) is 22.3 Å². The highest BCUT2D eigenvalue weighted by atomic mass is 35.5. The monoisotopic (exact) mass is 672 g/mol. The Kier molecular flexibility index (Phi) is 8.08. The molecule has 0 spiro atoms. The maximum Gasteiger partial charge on any atom is 0.332 e. The van der Waals surface area contributed by atoms with E-state index in [0.717, 1.165) is 15.2 Å². The number of hydrogen-bond acceptors (Lipinski definition) is 9. The van der Waals surface area contributed by atoms with Gasteiger partial charge in [-0.2, -0.15) is 5.10 Å². The molecule has 0 bridgehead atoms. The molecule has 1 aromatic carbocycles. The van der Waals surface area contributed by atoms with Crippen LogP contribution in [0.2, 0.25) is 10.0 Å². The standard InChI is InChI=1S/C29H24Cl2F2N8O5/c1-29(11-46-12-29)37-25(42)19-5-4-16(30)23(35-19)15-8-20-24(36-26(15)45-3)27(43)41(10-21-34-13-39(2)38-21)28(44)40(20)9-14-6-17(31)22(33)18(32)7-14/h4-8,13H,9-12H2,1-3H3,(H,37,42). The highest BCUT2D eigenvalue weighted by Gasteiger charge is 2.35. The number of benzene rings is 1. The highest BCUT2D eigenvalue weighted by Crippen LogP contribution is 2.34. The second-order valence-corrected chi connectivity index (χ2v) is 11.7. The lowest BCUT2D eigenvalue weighted by Gasteiger charge is -2.38. The van der Waals surface area contributed by atoms with Gasteiger partial charge in [-0.1, -0.05) is 23.2 Å². The Labute approximate surface area is 268 Å². The van der Waals surface area contributed by atoms with Crippen LogP contribution in [0.1, 0.15) is 28.8 Å². The van der Waals surface area contributed by atoms with Gasteiger partial charge in [-0.15, -0.1) is 0 Å². The molecular formula is C29H24Cl2F2N8O5. The fourth-order valence-corrected chi connectivity index (χ4v) is 5.42. The molecule has 4 aromatic heterocycles. The van der Waals surface area contributed by atoms with E-state index in [-0.39, 0.29) is 63.4 Å². The normalized spacial score (nSPS) is 13.9. The molecule has 17 heteroatoms. The van der Waals surface area contributed by atoms with Gasteiger partial charge in [0.2, 0.25) is 5.88 Å². The molecule has 0 saturated carbocycles. The van der Waals surface area contributed by atoms with E-state index in [0.29, 0.717) is 13.2 Å². The quantitative estimate of drug-likeness (QED) is 0.246. The van der Waals surface area contributed by atoms with Crippen LogP contribution in [-0.2, 0) is 24.9 Å². The lowest BCUT2D eigenvalue weighted by atomic mass is 10.0. The van der Waals surface area contributed by atoms with Gasteiger partial charge in [0.1, 0.15) is 12.0 Å². The number of nitrogens with zero attached hydrogens (tertiary/aromatic N) is 7. The number of halogens is 4. The van der Waals surface area contributed by atoms with Crippen LogP contribution in [-0.4, -0.2) is 65.6 Å². The van der Waals surface area contributed by atoms with E-state index in [2.05, 4.69) is 25.4 Å². The second kappa shape index (κ2) is 11.9. The van der Waals surface area contributed by atoms with Gasteiger partial charge in [-0.3, -0.25) is 23.4 Å². The first-order chi connectivity index (χ1) is 21.9. The molecule has 1 saturated heterocycles. The fourth-order valence-electron chi connectivity index (χ4n) is 4.99. The predicted octanol–water partition coefficient (Wildman–Crippen LogP) is 2.96. The molecule has 6 rings (SSSR count). The molecule has 0 unspecified atom stereocenters. The number of hydrogen-bond donors (Lipinski definition) is 1. The van der Waals surface area contributed by atoms with Gasteiger partial charge in [-0.25, -0.2) is 28.5 Å². The molecule has 1 N–H and O–H groups in total. The summed E-state index contributed by atoms with van der Waals surface area (Å²) in [4.78, 5) is 53.7. The summed E-state index contributed by atoms with van der Waals surface area (Å²) >= 11 is 12.4. The van der Waals surface area contributed by atoms with Crippen molar-refractivity contribution in [2.75, 3.05) is 20.3 Å². The number of rotatable bonds is 8. The summed E-state index contributed by atoms with van der Waals surface area (Å²) in [5.74, 6) is -2.86. The minimum absolute atomic E-state index is 0.0104. The van der Waals surface area contributed by atoms with Crippen molar-refractivity contribution in [3.05, 3.63) is 96.3 Å². The molecular weight excluding hydrogens is 649 g/mol. The van der Waals surface area contributed by atoms with Crippen LogP contribution < -0.4 is 21.3 Å². The SMILES string of the molecule is COc1nc2c(=O)n(Cc3ncn(C)n3)c(=O)n(Cc3cc(F)c(F)c(Cl)c3)c2cc1-c1nc(C(=O)NC2(C)COC2)ccc1Cl. The van der Waals surface area contributed by atoms with Crippen molar-refractivity contribution in [1.29, 1.82) is 0 Å².